The van der Waals surface area contributed by atoms with Crippen LogP contribution in [0.2, 0.25) is 0 Å². The van der Waals surface area contributed by atoms with Crippen LogP contribution >= 0.6 is 0 Å². The lowest BCUT2D eigenvalue weighted by atomic mass is 9.85. The lowest BCUT2D eigenvalue weighted by molar-refractivity contribution is 0.127. The van der Waals surface area contributed by atoms with E-state index in [0.717, 1.165) is 31.7 Å². The highest BCUT2D eigenvalue weighted by molar-refractivity contribution is 5.74. The molecule has 0 spiro atoms. The smallest absolute Gasteiger partial charge is 0.263 e. The third-order valence-corrected chi connectivity index (χ3v) is 6.07. The molecular formula is C23H32N6O2. The molecule has 3 aromatic rings. The summed E-state index contributed by atoms with van der Waals surface area (Å²) in [5.74, 6) is 1.74. The molecule has 0 bridgehead atoms. The molecule has 1 aliphatic heterocycles. The van der Waals surface area contributed by atoms with E-state index in [1.807, 2.05) is 32.9 Å². The minimum Gasteiger partial charge on any atom is -0.497 e. The highest BCUT2D eigenvalue weighted by atomic mass is 16.5. The van der Waals surface area contributed by atoms with Crippen LogP contribution in [0.3, 0.4) is 0 Å². The van der Waals surface area contributed by atoms with Gasteiger partial charge in [-0.3, -0.25) is 14.7 Å². The van der Waals surface area contributed by atoms with Crippen LogP contribution in [-0.2, 0) is 5.54 Å². The Labute approximate surface area is 182 Å². The monoisotopic (exact) mass is 424 g/mol. The molecule has 1 fully saturated rings. The van der Waals surface area contributed by atoms with E-state index >= 15 is 0 Å². The fraction of sp³-hybridized carbons (Fsp3) is 0.522. The first-order valence-corrected chi connectivity index (χ1v) is 10.8. The fourth-order valence-electron chi connectivity index (χ4n) is 4.52. The van der Waals surface area contributed by atoms with E-state index in [4.69, 9.17) is 9.72 Å². The summed E-state index contributed by atoms with van der Waals surface area (Å²) in [7, 11) is 3.86. The van der Waals surface area contributed by atoms with E-state index in [0.29, 0.717) is 28.9 Å². The number of likely N-dealkylation sites (tertiary alicyclic amines) is 1. The summed E-state index contributed by atoms with van der Waals surface area (Å²) < 4.78 is 7.12. The Hall–Kier alpha value is -2.87. The maximum absolute atomic E-state index is 12.6. The average Bonchev–Trinajstić information content (AvgIpc) is 3.18. The van der Waals surface area contributed by atoms with Crippen molar-refractivity contribution in [1.82, 2.24) is 24.6 Å². The van der Waals surface area contributed by atoms with Crippen LogP contribution in [-0.4, -0.2) is 51.9 Å². The van der Waals surface area contributed by atoms with E-state index in [9.17, 15) is 4.79 Å². The topological polar surface area (TPSA) is 88.1 Å². The maximum Gasteiger partial charge on any atom is 0.263 e. The number of fused-ring (bicyclic) bond motifs is 1. The number of aromatic amines is 1. The molecule has 8 heteroatoms. The second-order valence-corrected chi connectivity index (χ2v) is 9.36. The van der Waals surface area contributed by atoms with Gasteiger partial charge in [0.2, 0.25) is 5.95 Å². The largest absolute Gasteiger partial charge is 0.497 e. The van der Waals surface area contributed by atoms with Crippen molar-refractivity contribution in [3.05, 3.63) is 46.4 Å². The summed E-state index contributed by atoms with van der Waals surface area (Å²) in [6.45, 7) is 7.93. The van der Waals surface area contributed by atoms with Crippen molar-refractivity contribution in [1.29, 1.82) is 0 Å². The number of hydrogen-bond acceptors (Lipinski definition) is 6. The SMILES string of the molecule is COc1ccc(C2C(CNc3nc4c(cnn4C(C)(C)C)c(=O)[nH]3)CCCN2C)cc1. The van der Waals surface area contributed by atoms with Crippen molar-refractivity contribution in [2.75, 3.05) is 32.6 Å². The van der Waals surface area contributed by atoms with Crippen LogP contribution in [0, 0.1) is 5.92 Å². The third kappa shape index (κ3) is 4.30. The summed E-state index contributed by atoms with van der Waals surface area (Å²) in [5, 5.41) is 8.29. The Morgan fingerprint density at radius 1 is 1.26 bits per heavy atom. The van der Waals surface area contributed by atoms with Gasteiger partial charge in [0.25, 0.3) is 5.56 Å². The number of rotatable bonds is 5. The Morgan fingerprint density at radius 3 is 2.68 bits per heavy atom. The Kier molecular flexibility index (Phi) is 5.75. The van der Waals surface area contributed by atoms with Gasteiger partial charge in [0.1, 0.15) is 11.1 Å². The van der Waals surface area contributed by atoms with Gasteiger partial charge in [-0.15, -0.1) is 0 Å². The van der Waals surface area contributed by atoms with Crippen LogP contribution in [0.1, 0.15) is 45.2 Å². The molecular weight excluding hydrogens is 392 g/mol. The zero-order chi connectivity index (χ0) is 22.2. The van der Waals surface area contributed by atoms with Gasteiger partial charge in [-0.05, 0) is 70.8 Å². The molecule has 1 aliphatic rings. The molecule has 2 N–H and O–H groups in total. The second-order valence-electron chi connectivity index (χ2n) is 9.36. The van der Waals surface area contributed by atoms with E-state index < -0.39 is 0 Å². The fourth-order valence-corrected chi connectivity index (χ4v) is 4.52. The molecule has 0 aliphatic carbocycles. The molecule has 4 rings (SSSR count). The lowest BCUT2D eigenvalue weighted by Gasteiger charge is -2.39. The predicted octanol–water partition coefficient (Wildman–Crippen LogP) is 3.38. The van der Waals surface area contributed by atoms with Gasteiger partial charge in [0.05, 0.1) is 18.8 Å². The summed E-state index contributed by atoms with van der Waals surface area (Å²) in [5.41, 5.74) is 1.45. The Balaban J connectivity index is 1.58. The molecule has 31 heavy (non-hydrogen) atoms. The van der Waals surface area contributed by atoms with Gasteiger partial charge in [-0.25, -0.2) is 4.68 Å². The molecule has 166 valence electrons. The quantitative estimate of drug-likeness (QED) is 0.653. The first kappa shape index (κ1) is 21.4. The van der Waals surface area contributed by atoms with Crippen LogP contribution in [0.4, 0.5) is 5.95 Å². The second kappa shape index (κ2) is 8.34. The van der Waals surface area contributed by atoms with Crippen LogP contribution in [0.15, 0.2) is 35.3 Å². The van der Waals surface area contributed by atoms with Gasteiger partial charge in [0.15, 0.2) is 5.65 Å². The minimum absolute atomic E-state index is 0.171. The Morgan fingerprint density at radius 2 is 2.00 bits per heavy atom. The molecule has 0 amide bonds. The molecule has 1 aromatic carbocycles. The number of H-pyrrole nitrogens is 1. The molecule has 8 nitrogen and oxygen atoms in total. The van der Waals surface area contributed by atoms with Crippen molar-refractivity contribution >= 4 is 17.0 Å². The molecule has 2 atom stereocenters. The number of aromatic nitrogens is 4. The minimum atomic E-state index is -0.259. The van der Waals surface area contributed by atoms with Gasteiger partial charge in [-0.1, -0.05) is 12.1 Å². The van der Waals surface area contributed by atoms with Crippen molar-refractivity contribution in [3.8, 4) is 5.75 Å². The number of piperidine rings is 1. The zero-order valence-electron chi connectivity index (χ0n) is 19.0. The molecule has 2 unspecified atom stereocenters. The molecule has 2 aromatic heterocycles. The first-order valence-electron chi connectivity index (χ1n) is 10.8. The van der Waals surface area contributed by atoms with Crippen molar-refractivity contribution in [3.63, 3.8) is 0 Å². The summed E-state index contributed by atoms with van der Waals surface area (Å²) >= 11 is 0. The molecule has 0 saturated carbocycles. The number of benzene rings is 1. The number of hydrogen-bond donors (Lipinski definition) is 2. The third-order valence-electron chi connectivity index (χ3n) is 6.07. The number of nitrogens with zero attached hydrogens (tertiary/aromatic N) is 4. The number of nitrogens with one attached hydrogen (secondary N) is 2. The van der Waals surface area contributed by atoms with Gasteiger partial charge in [-0.2, -0.15) is 10.1 Å². The molecule has 1 saturated heterocycles. The zero-order valence-corrected chi connectivity index (χ0v) is 19.0. The summed E-state index contributed by atoms with van der Waals surface area (Å²) in [6.07, 6.45) is 3.85. The van der Waals surface area contributed by atoms with E-state index in [2.05, 4.69) is 39.5 Å². The average molecular weight is 425 g/mol. The lowest BCUT2D eigenvalue weighted by Crippen LogP contribution is -2.39. The maximum atomic E-state index is 12.6. The van der Waals surface area contributed by atoms with Gasteiger partial charge >= 0.3 is 0 Å². The predicted molar refractivity (Wildman–Crippen MR) is 123 cm³/mol. The summed E-state index contributed by atoms with van der Waals surface area (Å²) in [6, 6.07) is 8.62. The first-order chi connectivity index (χ1) is 14.8. The van der Waals surface area contributed by atoms with Crippen LogP contribution < -0.4 is 15.6 Å². The van der Waals surface area contributed by atoms with Gasteiger partial charge in [0, 0.05) is 12.6 Å². The molecule has 3 heterocycles. The highest BCUT2D eigenvalue weighted by Crippen LogP contribution is 2.35. The number of methoxy groups -OCH3 is 1. The summed E-state index contributed by atoms with van der Waals surface area (Å²) in [4.78, 5) is 22.6. The van der Waals surface area contributed by atoms with Crippen molar-refractivity contribution in [2.45, 2.75) is 45.2 Å². The van der Waals surface area contributed by atoms with Crippen LogP contribution in [0.25, 0.3) is 11.0 Å². The van der Waals surface area contributed by atoms with Crippen molar-refractivity contribution in [2.24, 2.45) is 5.92 Å². The number of anilines is 1. The van der Waals surface area contributed by atoms with E-state index in [1.54, 1.807) is 18.0 Å². The van der Waals surface area contributed by atoms with Gasteiger partial charge < -0.3 is 10.1 Å². The number of ether oxygens (including phenoxy) is 1. The standard InChI is InChI=1S/C23H32N6O2/c1-23(2,3)29-20-18(14-25-29)21(30)27-22(26-20)24-13-16-7-6-12-28(4)19(16)15-8-10-17(31-5)11-9-15/h8-11,14,16,19H,6-7,12-13H2,1-5H3,(H2,24,26,27,30). The highest BCUT2D eigenvalue weighted by Gasteiger charge is 2.30. The normalized spacial score (nSPS) is 20.2. The van der Waals surface area contributed by atoms with E-state index in [1.165, 1.54) is 5.56 Å². The van der Waals surface area contributed by atoms with E-state index in [-0.39, 0.29) is 11.1 Å². The molecule has 0 radical (unpaired) electrons. The van der Waals surface area contributed by atoms with Crippen molar-refractivity contribution < 1.29 is 4.74 Å². The van der Waals surface area contributed by atoms with Crippen LogP contribution in [0.5, 0.6) is 5.75 Å². The Bertz CT molecular complexity index is 1100.